The Morgan fingerprint density at radius 3 is 1.84 bits per heavy atom. The Balaban J connectivity index is 1.65. The number of benzene rings is 1. The Bertz CT molecular complexity index is 384. The molecule has 0 amide bonds. The molecule has 0 spiro atoms. The first kappa shape index (κ1) is 13.1. The monoisotopic (exact) mass is 258 g/mol. The van der Waals surface area contributed by atoms with Gasteiger partial charge in [-0.05, 0) is 81.9 Å². The standard InChI is InChI=1S/C17H26N2/c1-19-12-8-17(9-13-19)15-4-2-14(3-5-15)16-6-10-18-11-7-16/h2-5,16-18H,6-13H2,1H3. The van der Waals surface area contributed by atoms with E-state index in [2.05, 4.69) is 41.5 Å². The molecule has 104 valence electrons. The smallest absolute Gasteiger partial charge is 0.00159 e. The van der Waals surface area contributed by atoms with Gasteiger partial charge >= 0.3 is 0 Å². The highest BCUT2D eigenvalue weighted by Gasteiger charge is 2.19. The number of hydrogen-bond acceptors (Lipinski definition) is 2. The molecule has 0 unspecified atom stereocenters. The van der Waals surface area contributed by atoms with Gasteiger partial charge in [-0.1, -0.05) is 24.3 Å². The molecule has 0 bridgehead atoms. The summed E-state index contributed by atoms with van der Waals surface area (Å²) in [6.45, 7) is 4.87. The van der Waals surface area contributed by atoms with E-state index in [0.717, 1.165) is 11.8 Å². The van der Waals surface area contributed by atoms with E-state index in [1.54, 1.807) is 11.1 Å². The van der Waals surface area contributed by atoms with Crippen molar-refractivity contribution >= 4 is 0 Å². The van der Waals surface area contributed by atoms with Crippen molar-refractivity contribution in [1.29, 1.82) is 0 Å². The van der Waals surface area contributed by atoms with E-state index in [1.807, 2.05) is 0 Å². The normalized spacial score (nSPS) is 23.6. The third kappa shape index (κ3) is 3.18. The second-order valence-electron chi connectivity index (χ2n) is 6.27. The summed E-state index contributed by atoms with van der Waals surface area (Å²) in [6.07, 6.45) is 5.24. The third-order valence-corrected chi connectivity index (χ3v) is 4.94. The van der Waals surface area contributed by atoms with Gasteiger partial charge in [-0.2, -0.15) is 0 Å². The molecule has 0 aromatic heterocycles. The fourth-order valence-electron chi connectivity index (χ4n) is 3.54. The van der Waals surface area contributed by atoms with Crippen molar-refractivity contribution in [3.05, 3.63) is 35.4 Å². The van der Waals surface area contributed by atoms with Gasteiger partial charge < -0.3 is 10.2 Å². The molecule has 1 aromatic rings. The van der Waals surface area contributed by atoms with Gasteiger partial charge in [-0.15, -0.1) is 0 Å². The Labute approximate surface area is 117 Å². The molecule has 2 heterocycles. The lowest BCUT2D eigenvalue weighted by molar-refractivity contribution is 0.255. The molecule has 0 radical (unpaired) electrons. The fourth-order valence-corrected chi connectivity index (χ4v) is 3.54. The van der Waals surface area contributed by atoms with Gasteiger partial charge in [0.05, 0.1) is 0 Å². The average Bonchev–Trinajstić information content (AvgIpc) is 2.49. The van der Waals surface area contributed by atoms with E-state index >= 15 is 0 Å². The summed E-state index contributed by atoms with van der Waals surface area (Å²) in [6, 6.07) is 9.58. The predicted molar refractivity (Wildman–Crippen MR) is 80.8 cm³/mol. The van der Waals surface area contributed by atoms with Crippen LogP contribution in [0.2, 0.25) is 0 Å². The molecule has 2 nitrogen and oxygen atoms in total. The zero-order chi connectivity index (χ0) is 13.1. The highest BCUT2D eigenvalue weighted by molar-refractivity contribution is 5.28. The number of nitrogens with zero attached hydrogens (tertiary/aromatic N) is 1. The molecule has 0 atom stereocenters. The maximum atomic E-state index is 3.45. The average molecular weight is 258 g/mol. The summed E-state index contributed by atoms with van der Waals surface area (Å²) < 4.78 is 0. The molecule has 0 aliphatic carbocycles. The predicted octanol–water partition coefficient (Wildman–Crippen LogP) is 2.96. The Hall–Kier alpha value is -0.860. The summed E-state index contributed by atoms with van der Waals surface area (Å²) in [7, 11) is 2.23. The quantitative estimate of drug-likeness (QED) is 0.877. The first-order valence-electron chi connectivity index (χ1n) is 7.82. The molecule has 2 heteroatoms. The van der Waals surface area contributed by atoms with Crippen LogP contribution in [0.1, 0.15) is 48.6 Å². The van der Waals surface area contributed by atoms with Gasteiger partial charge in [0.2, 0.25) is 0 Å². The molecule has 1 aromatic carbocycles. The van der Waals surface area contributed by atoms with Crippen molar-refractivity contribution in [2.75, 3.05) is 33.2 Å². The Morgan fingerprint density at radius 2 is 1.32 bits per heavy atom. The molecule has 2 aliphatic rings. The van der Waals surface area contributed by atoms with E-state index in [0.29, 0.717) is 0 Å². The van der Waals surface area contributed by atoms with Crippen LogP contribution in [0.4, 0.5) is 0 Å². The van der Waals surface area contributed by atoms with Crippen LogP contribution in [0, 0.1) is 0 Å². The SMILES string of the molecule is CN1CCC(c2ccc(C3CCNCC3)cc2)CC1. The number of nitrogens with one attached hydrogen (secondary N) is 1. The summed E-state index contributed by atoms with van der Waals surface area (Å²) >= 11 is 0. The molecule has 2 aliphatic heterocycles. The second-order valence-corrected chi connectivity index (χ2v) is 6.27. The number of rotatable bonds is 2. The highest BCUT2D eigenvalue weighted by atomic mass is 15.1. The minimum atomic E-state index is 0.785. The van der Waals surface area contributed by atoms with Crippen LogP contribution < -0.4 is 5.32 Å². The van der Waals surface area contributed by atoms with Crippen molar-refractivity contribution in [3.63, 3.8) is 0 Å². The van der Waals surface area contributed by atoms with Gasteiger partial charge in [0, 0.05) is 0 Å². The lowest BCUT2D eigenvalue weighted by Crippen LogP contribution is -2.29. The first-order valence-corrected chi connectivity index (χ1v) is 7.82. The van der Waals surface area contributed by atoms with Crippen molar-refractivity contribution in [2.24, 2.45) is 0 Å². The van der Waals surface area contributed by atoms with Gasteiger partial charge in [0.1, 0.15) is 0 Å². The molecule has 1 N–H and O–H groups in total. The van der Waals surface area contributed by atoms with E-state index in [9.17, 15) is 0 Å². The van der Waals surface area contributed by atoms with E-state index < -0.39 is 0 Å². The summed E-state index contributed by atoms with van der Waals surface area (Å²) in [4.78, 5) is 2.44. The fraction of sp³-hybridized carbons (Fsp3) is 0.647. The maximum Gasteiger partial charge on any atom is -0.00159 e. The molecule has 2 saturated heterocycles. The van der Waals surface area contributed by atoms with Crippen molar-refractivity contribution < 1.29 is 0 Å². The van der Waals surface area contributed by atoms with Crippen LogP contribution in [0.3, 0.4) is 0 Å². The third-order valence-electron chi connectivity index (χ3n) is 4.94. The zero-order valence-corrected chi connectivity index (χ0v) is 12.1. The number of hydrogen-bond donors (Lipinski definition) is 1. The number of likely N-dealkylation sites (tertiary alicyclic amines) is 1. The van der Waals surface area contributed by atoms with Gasteiger partial charge in [0.15, 0.2) is 0 Å². The topological polar surface area (TPSA) is 15.3 Å². The van der Waals surface area contributed by atoms with E-state index in [-0.39, 0.29) is 0 Å². The maximum absolute atomic E-state index is 3.45. The zero-order valence-electron chi connectivity index (χ0n) is 12.1. The Kier molecular flexibility index (Phi) is 4.19. The second kappa shape index (κ2) is 6.06. The summed E-state index contributed by atoms with van der Waals surface area (Å²) in [5, 5.41) is 3.45. The van der Waals surface area contributed by atoms with Crippen LogP contribution in [-0.4, -0.2) is 38.1 Å². The summed E-state index contributed by atoms with van der Waals surface area (Å²) in [5.41, 5.74) is 3.11. The minimum Gasteiger partial charge on any atom is -0.317 e. The Morgan fingerprint density at radius 1 is 0.842 bits per heavy atom. The first-order chi connectivity index (χ1) is 9.33. The van der Waals surface area contributed by atoms with E-state index in [4.69, 9.17) is 0 Å². The van der Waals surface area contributed by atoms with Crippen molar-refractivity contribution in [3.8, 4) is 0 Å². The highest BCUT2D eigenvalue weighted by Crippen LogP contribution is 2.30. The van der Waals surface area contributed by atoms with Crippen LogP contribution in [0.5, 0.6) is 0 Å². The molecular weight excluding hydrogens is 232 g/mol. The molecule has 19 heavy (non-hydrogen) atoms. The van der Waals surface area contributed by atoms with Crippen LogP contribution in [-0.2, 0) is 0 Å². The molecule has 3 rings (SSSR count). The van der Waals surface area contributed by atoms with Crippen LogP contribution in [0.15, 0.2) is 24.3 Å². The molecule has 2 fully saturated rings. The lowest BCUT2D eigenvalue weighted by atomic mass is 9.86. The largest absolute Gasteiger partial charge is 0.317 e. The minimum absolute atomic E-state index is 0.785. The van der Waals surface area contributed by atoms with Gasteiger partial charge in [-0.3, -0.25) is 0 Å². The van der Waals surface area contributed by atoms with Crippen molar-refractivity contribution in [2.45, 2.75) is 37.5 Å². The van der Waals surface area contributed by atoms with Crippen LogP contribution in [0.25, 0.3) is 0 Å². The van der Waals surface area contributed by atoms with Crippen molar-refractivity contribution in [1.82, 2.24) is 10.2 Å². The van der Waals surface area contributed by atoms with Gasteiger partial charge in [0.25, 0.3) is 0 Å². The van der Waals surface area contributed by atoms with E-state index in [1.165, 1.54) is 51.9 Å². The van der Waals surface area contributed by atoms with Gasteiger partial charge in [-0.25, -0.2) is 0 Å². The molecular formula is C17H26N2. The lowest BCUT2D eigenvalue weighted by Gasteiger charge is -2.29. The van der Waals surface area contributed by atoms with Crippen LogP contribution >= 0.6 is 0 Å². The summed E-state index contributed by atoms with van der Waals surface area (Å²) in [5.74, 6) is 1.58. The molecule has 0 saturated carbocycles. The number of piperidine rings is 2.